The molecule has 0 fully saturated rings. The van der Waals surface area contributed by atoms with E-state index < -0.39 is 0 Å². The van der Waals surface area contributed by atoms with Crippen LogP contribution in [0.3, 0.4) is 0 Å². The van der Waals surface area contributed by atoms with E-state index in [9.17, 15) is 4.39 Å². The van der Waals surface area contributed by atoms with Crippen LogP contribution in [-0.4, -0.2) is 4.57 Å². The number of nitrogens with two attached hydrogens (primary N) is 1. The Morgan fingerprint density at radius 1 is 1.10 bits per heavy atom. The third-order valence-corrected chi connectivity index (χ3v) is 3.68. The minimum absolute atomic E-state index is 0.203. The van der Waals surface area contributed by atoms with Crippen LogP contribution in [0.4, 0.5) is 4.39 Å². The van der Waals surface area contributed by atoms with Crippen LogP contribution < -0.4 is 5.73 Å². The highest BCUT2D eigenvalue weighted by Crippen LogP contribution is 2.25. The molecule has 0 bridgehead atoms. The lowest BCUT2D eigenvalue weighted by Gasteiger charge is -2.07. The van der Waals surface area contributed by atoms with Crippen molar-refractivity contribution in [2.24, 2.45) is 5.73 Å². The van der Waals surface area contributed by atoms with Gasteiger partial charge in [0.2, 0.25) is 0 Å². The SMILES string of the molecule is NCc1cn(Cc2ccccc2F)c2cc(Cl)ccc12. The first-order valence-corrected chi connectivity index (χ1v) is 6.77. The molecule has 4 heteroatoms. The Morgan fingerprint density at radius 3 is 2.65 bits per heavy atom. The van der Waals surface area contributed by atoms with Crippen LogP contribution in [0.2, 0.25) is 5.02 Å². The molecule has 2 nitrogen and oxygen atoms in total. The summed E-state index contributed by atoms with van der Waals surface area (Å²) in [7, 11) is 0. The van der Waals surface area contributed by atoms with Gasteiger partial charge in [-0.25, -0.2) is 4.39 Å². The molecule has 2 aromatic carbocycles. The molecule has 0 saturated carbocycles. The van der Waals surface area contributed by atoms with Gasteiger partial charge in [0, 0.05) is 28.7 Å². The zero-order valence-corrected chi connectivity index (χ0v) is 11.6. The van der Waals surface area contributed by atoms with Gasteiger partial charge in [-0.05, 0) is 23.8 Å². The minimum Gasteiger partial charge on any atom is -0.343 e. The molecule has 0 aliphatic rings. The molecule has 0 aliphatic heterocycles. The van der Waals surface area contributed by atoms with Gasteiger partial charge in [0.25, 0.3) is 0 Å². The van der Waals surface area contributed by atoms with Gasteiger partial charge in [-0.3, -0.25) is 0 Å². The summed E-state index contributed by atoms with van der Waals surface area (Å²) in [4.78, 5) is 0. The molecule has 0 saturated heterocycles. The lowest BCUT2D eigenvalue weighted by atomic mass is 10.2. The van der Waals surface area contributed by atoms with Crippen LogP contribution >= 0.6 is 11.6 Å². The highest BCUT2D eigenvalue weighted by Gasteiger charge is 2.10. The summed E-state index contributed by atoms with van der Waals surface area (Å²) >= 11 is 6.06. The number of halogens is 2. The third kappa shape index (κ3) is 2.30. The number of aromatic nitrogens is 1. The van der Waals surface area contributed by atoms with Crippen molar-refractivity contribution < 1.29 is 4.39 Å². The highest BCUT2D eigenvalue weighted by atomic mass is 35.5. The van der Waals surface area contributed by atoms with Crippen molar-refractivity contribution >= 4 is 22.5 Å². The van der Waals surface area contributed by atoms with E-state index in [1.165, 1.54) is 6.07 Å². The van der Waals surface area contributed by atoms with Gasteiger partial charge in [-0.1, -0.05) is 35.9 Å². The van der Waals surface area contributed by atoms with Crippen molar-refractivity contribution in [1.29, 1.82) is 0 Å². The monoisotopic (exact) mass is 288 g/mol. The van der Waals surface area contributed by atoms with Gasteiger partial charge in [-0.2, -0.15) is 0 Å². The van der Waals surface area contributed by atoms with Gasteiger partial charge in [0.15, 0.2) is 0 Å². The van der Waals surface area contributed by atoms with E-state index in [1.807, 2.05) is 35.0 Å². The molecule has 20 heavy (non-hydrogen) atoms. The Balaban J connectivity index is 2.12. The lowest BCUT2D eigenvalue weighted by Crippen LogP contribution is -2.00. The molecule has 1 aromatic heterocycles. The first kappa shape index (κ1) is 13.2. The molecule has 0 unspecified atom stereocenters. The second-order valence-corrected chi connectivity index (χ2v) is 5.18. The van der Waals surface area contributed by atoms with E-state index in [2.05, 4.69) is 0 Å². The number of rotatable bonds is 3. The summed E-state index contributed by atoms with van der Waals surface area (Å²) in [5.41, 5.74) is 8.42. The molecule has 0 spiro atoms. The second kappa shape index (κ2) is 5.27. The molecule has 0 radical (unpaired) electrons. The maximum atomic E-state index is 13.8. The summed E-state index contributed by atoms with van der Waals surface area (Å²) in [5, 5.41) is 1.72. The number of nitrogens with zero attached hydrogens (tertiary/aromatic N) is 1. The largest absolute Gasteiger partial charge is 0.343 e. The van der Waals surface area contributed by atoms with Crippen molar-refractivity contribution in [2.45, 2.75) is 13.1 Å². The smallest absolute Gasteiger partial charge is 0.128 e. The maximum Gasteiger partial charge on any atom is 0.128 e. The van der Waals surface area contributed by atoms with Crippen molar-refractivity contribution in [2.75, 3.05) is 0 Å². The fourth-order valence-corrected chi connectivity index (χ4v) is 2.61. The molecule has 102 valence electrons. The van der Waals surface area contributed by atoms with Crippen molar-refractivity contribution in [3.8, 4) is 0 Å². The van der Waals surface area contributed by atoms with Crippen LogP contribution in [-0.2, 0) is 13.1 Å². The predicted octanol–water partition coefficient (Wildman–Crippen LogP) is 3.94. The number of fused-ring (bicyclic) bond motifs is 1. The zero-order chi connectivity index (χ0) is 14.1. The van der Waals surface area contributed by atoms with Gasteiger partial charge < -0.3 is 10.3 Å². The molecular formula is C16H14ClFN2. The third-order valence-electron chi connectivity index (χ3n) is 3.45. The second-order valence-electron chi connectivity index (χ2n) is 4.74. The van der Waals surface area contributed by atoms with Crippen LogP contribution in [0.15, 0.2) is 48.7 Å². The van der Waals surface area contributed by atoms with E-state index in [4.69, 9.17) is 17.3 Å². The molecule has 2 N–H and O–H groups in total. The first-order chi connectivity index (χ1) is 9.69. The Labute approximate surface area is 121 Å². The summed E-state index contributed by atoms with van der Waals surface area (Å²) in [5.74, 6) is -0.203. The summed E-state index contributed by atoms with van der Waals surface area (Å²) in [6.45, 7) is 0.909. The van der Waals surface area contributed by atoms with Gasteiger partial charge in [0.1, 0.15) is 5.82 Å². The number of benzene rings is 2. The van der Waals surface area contributed by atoms with E-state index in [0.29, 0.717) is 23.7 Å². The van der Waals surface area contributed by atoms with Crippen molar-refractivity contribution in [3.05, 3.63) is 70.6 Å². The quantitative estimate of drug-likeness (QED) is 0.777. The predicted molar refractivity (Wildman–Crippen MR) is 80.3 cm³/mol. The molecule has 3 rings (SSSR count). The van der Waals surface area contributed by atoms with Gasteiger partial charge in [0.05, 0.1) is 12.1 Å². The average Bonchev–Trinajstić information content (AvgIpc) is 2.79. The summed E-state index contributed by atoms with van der Waals surface area (Å²) < 4.78 is 15.8. The topological polar surface area (TPSA) is 30.9 Å². The Hall–Kier alpha value is -1.84. The summed E-state index contributed by atoms with van der Waals surface area (Å²) in [6.07, 6.45) is 1.97. The van der Waals surface area contributed by atoms with Crippen LogP contribution in [0.5, 0.6) is 0 Å². The van der Waals surface area contributed by atoms with E-state index in [0.717, 1.165) is 16.5 Å². The van der Waals surface area contributed by atoms with Crippen LogP contribution in [0.1, 0.15) is 11.1 Å². The average molecular weight is 289 g/mol. The standard InChI is InChI=1S/C16H14ClFN2/c17-13-5-6-14-12(8-19)10-20(16(14)7-13)9-11-3-1-2-4-15(11)18/h1-7,10H,8-9,19H2. The summed E-state index contributed by atoms with van der Waals surface area (Å²) in [6, 6.07) is 12.5. The van der Waals surface area contributed by atoms with Crippen molar-refractivity contribution in [1.82, 2.24) is 4.57 Å². The van der Waals surface area contributed by atoms with Crippen LogP contribution in [0.25, 0.3) is 10.9 Å². The Kier molecular flexibility index (Phi) is 3.47. The molecule has 0 amide bonds. The van der Waals surface area contributed by atoms with Gasteiger partial charge >= 0.3 is 0 Å². The molecule has 1 heterocycles. The molecule has 0 aliphatic carbocycles. The zero-order valence-electron chi connectivity index (χ0n) is 10.8. The molecular weight excluding hydrogens is 275 g/mol. The van der Waals surface area contributed by atoms with Crippen LogP contribution in [0, 0.1) is 5.82 Å². The van der Waals surface area contributed by atoms with Gasteiger partial charge in [-0.15, -0.1) is 0 Å². The molecule has 3 aromatic rings. The number of hydrogen-bond donors (Lipinski definition) is 1. The van der Waals surface area contributed by atoms with E-state index >= 15 is 0 Å². The normalized spacial score (nSPS) is 11.2. The van der Waals surface area contributed by atoms with Crippen molar-refractivity contribution in [3.63, 3.8) is 0 Å². The fourth-order valence-electron chi connectivity index (χ4n) is 2.44. The highest BCUT2D eigenvalue weighted by molar-refractivity contribution is 6.31. The first-order valence-electron chi connectivity index (χ1n) is 6.40. The Bertz CT molecular complexity index is 764. The van der Waals surface area contributed by atoms with E-state index in [1.54, 1.807) is 12.1 Å². The number of hydrogen-bond acceptors (Lipinski definition) is 1. The molecule has 0 atom stereocenters. The fraction of sp³-hybridized carbons (Fsp3) is 0.125. The maximum absolute atomic E-state index is 13.8. The minimum atomic E-state index is -0.203. The lowest BCUT2D eigenvalue weighted by molar-refractivity contribution is 0.602. The Morgan fingerprint density at radius 2 is 1.90 bits per heavy atom. The van der Waals surface area contributed by atoms with E-state index in [-0.39, 0.29) is 5.82 Å².